The van der Waals surface area contributed by atoms with Crippen LogP contribution in [0.4, 0.5) is 0 Å². The summed E-state index contributed by atoms with van der Waals surface area (Å²) < 4.78 is 2.29. The molecule has 0 amide bonds. The van der Waals surface area contributed by atoms with Gasteiger partial charge in [0.1, 0.15) is 0 Å². The van der Waals surface area contributed by atoms with Crippen molar-refractivity contribution in [2.45, 2.75) is 13.0 Å². The number of nitrogens with zero attached hydrogens (tertiary/aromatic N) is 2. The molecule has 18 heavy (non-hydrogen) atoms. The van der Waals surface area contributed by atoms with E-state index in [0.29, 0.717) is 6.54 Å². The predicted octanol–water partition coefficient (Wildman–Crippen LogP) is 2.65. The smallest absolute Gasteiger partial charge is 0.0794 e. The summed E-state index contributed by atoms with van der Waals surface area (Å²) in [4.78, 5) is 5.40. The summed E-state index contributed by atoms with van der Waals surface area (Å²) in [5.74, 6) is 0. The van der Waals surface area contributed by atoms with Gasteiger partial charge in [-0.3, -0.25) is 4.98 Å². The number of para-hydroxylation sites is 1. The van der Waals surface area contributed by atoms with Crippen LogP contribution in [0.5, 0.6) is 0 Å². The maximum absolute atomic E-state index is 5.68. The first-order valence-electron chi connectivity index (χ1n) is 6.02. The van der Waals surface area contributed by atoms with E-state index in [0.717, 1.165) is 13.0 Å². The molecule has 0 aliphatic carbocycles. The summed E-state index contributed by atoms with van der Waals surface area (Å²) in [5.41, 5.74) is 10.2. The van der Waals surface area contributed by atoms with E-state index in [2.05, 4.69) is 40.0 Å². The Balaban J connectivity index is 2.05. The Labute approximate surface area is 110 Å². The second-order valence-corrected chi connectivity index (χ2v) is 5.28. The Morgan fingerprint density at radius 2 is 2.17 bits per heavy atom. The molecular formula is C14H15N3S. The number of hydrogen-bond acceptors (Lipinski definition) is 3. The molecule has 3 nitrogen and oxygen atoms in total. The fraction of sp³-hybridized carbons (Fsp3) is 0.214. The highest BCUT2D eigenvalue weighted by Gasteiger charge is 2.08. The lowest BCUT2D eigenvalue weighted by Gasteiger charge is -2.01. The topological polar surface area (TPSA) is 43.8 Å². The molecule has 2 heterocycles. The zero-order valence-corrected chi connectivity index (χ0v) is 10.9. The van der Waals surface area contributed by atoms with Crippen LogP contribution in [0.15, 0.2) is 42.2 Å². The zero-order chi connectivity index (χ0) is 12.4. The zero-order valence-electron chi connectivity index (χ0n) is 10.0. The summed E-state index contributed by atoms with van der Waals surface area (Å²) >= 11 is 1.69. The number of hydrogen-bond donors (Lipinski definition) is 1. The quantitative estimate of drug-likeness (QED) is 0.781. The molecule has 1 aromatic carbocycles. The monoisotopic (exact) mass is 257 g/mol. The molecule has 0 spiro atoms. The summed E-state index contributed by atoms with van der Waals surface area (Å²) in [6.07, 6.45) is 5.08. The minimum Gasteiger partial charge on any atom is -0.342 e. The van der Waals surface area contributed by atoms with Gasteiger partial charge in [-0.15, -0.1) is 11.3 Å². The summed E-state index contributed by atoms with van der Waals surface area (Å²) in [7, 11) is 0. The predicted molar refractivity (Wildman–Crippen MR) is 75.9 cm³/mol. The van der Waals surface area contributed by atoms with Crippen molar-refractivity contribution in [1.82, 2.24) is 9.55 Å². The van der Waals surface area contributed by atoms with Gasteiger partial charge in [0.05, 0.1) is 12.1 Å². The molecule has 0 saturated heterocycles. The Hall–Kier alpha value is -1.65. The molecule has 0 bridgehead atoms. The average molecular weight is 257 g/mol. The molecule has 3 rings (SSSR count). The molecule has 0 fully saturated rings. The van der Waals surface area contributed by atoms with Crippen molar-refractivity contribution in [2.75, 3.05) is 6.54 Å². The molecular weight excluding hydrogens is 242 g/mol. The van der Waals surface area contributed by atoms with Crippen molar-refractivity contribution in [2.24, 2.45) is 5.73 Å². The van der Waals surface area contributed by atoms with Gasteiger partial charge in [-0.2, -0.15) is 0 Å². The van der Waals surface area contributed by atoms with Crippen LogP contribution in [-0.2, 0) is 13.0 Å². The van der Waals surface area contributed by atoms with Crippen molar-refractivity contribution >= 4 is 22.2 Å². The molecule has 0 saturated carbocycles. The second-order valence-electron chi connectivity index (χ2n) is 4.31. The highest BCUT2D eigenvalue weighted by molar-refractivity contribution is 7.09. The largest absolute Gasteiger partial charge is 0.342 e. The van der Waals surface area contributed by atoms with Gasteiger partial charge in [0.2, 0.25) is 0 Å². The Bertz CT molecular complexity index is 640. The Morgan fingerprint density at radius 1 is 1.28 bits per heavy atom. The first-order valence-corrected chi connectivity index (χ1v) is 6.90. The van der Waals surface area contributed by atoms with E-state index in [1.165, 1.54) is 21.3 Å². The molecule has 3 aromatic rings. The van der Waals surface area contributed by atoms with Gasteiger partial charge in [-0.05, 0) is 24.6 Å². The first-order chi connectivity index (χ1) is 8.88. The summed E-state index contributed by atoms with van der Waals surface area (Å²) in [6.45, 7) is 1.57. The van der Waals surface area contributed by atoms with E-state index >= 15 is 0 Å². The third-order valence-electron chi connectivity index (χ3n) is 3.09. The van der Waals surface area contributed by atoms with Gasteiger partial charge in [0.15, 0.2) is 0 Å². The lowest BCUT2D eigenvalue weighted by Crippen LogP contribution is -2.02. The summed E-state index contributed by atoms with van der Waals surface area (Å²) in [6, 6.07) is 8.50. The molecule has 92 valence electrons. The fourth-order valence-electron chi connectivity index (χ4n) is 2.30. The van der Waals surface area contributed by atoms with Crippen LogP contribution < -0.4 is 5.73 Å². The molecule has 0 aliphatic heterocycles. The van der Waals surface area contributed by atoms with E-state index in [4.69, 9.17) is 5.73 Å². The van der Waals surface area contributed by atoms with E-state index < -0.39 is 0 Å². The molecule has 2 N–H and O–H groups in total. The number of rotatable bonds is 4. The highest BCUT2D eigenvalue weighted by atomic mass is 32.1. The molecule has 2 aromatic heterocycles. The van der Waals surface area contributed by atoms with Crippen LogP contribution in [0.25, 0.3) is 10.9 Å². The molecule has 0 radical (unpaired) electrons. The van der Waals surface area contributed by atoms with Crippen molar-refractivity contribution in [1.29, 1.82) is 0 Å². The third-order valence-corrected chi connectivity index (χ3v) is 3.86. The van der Waals surface area contributed by atoms with Crippen molar-refractivity contribution in [3.05, 3.63) is 52.6 Å². The van der Waals surface area contributed by atoms with E-state index in [1.807, 2.05) is 11.7 Å². The first kappa shape index (κ1) is 11.4. The molecule has 4 heteroatoms. The minimum absolute atomic E-state index is 0.689. The van der Waals surface area contributed by atoms with Crippen LogP contribution in [0.1, 0.15) is 10.4 Å². The molecule has 0 unspecified atom stereocenters. The average Bonchev–Trinajstić information content (AvgIpc) is 3.00. The lowest BCUT2D eigenvalue weighted by molar-refractivity contribution is 0.838. The Morgan fingerprint density at radius 3 is 2.94 bits per heavy atom. The molecule has 0 atom stereocenters. The van der Waals surface area contributed by atoms with Gasteiger partial charge in [-0.1, -0.05) is 18.2 Å². The van der Waals surface area contributed by atoms with Crippen LogP contribution in [0.2, 0.25) is 0 Å². The lowest BCUT2D eigenvalue weighted by atomic mass is 10.1. The van der Waals surface area contributed by atoms with Gasteiger partial charge < -0.3 is 10.3 Å². The van der Waals surface area contributed by atoms with Crippen molar-refractivity contribution in [3.63, 3.8) is 0 Å². The van der Waals surface area contributed by atoms with E-state index in [9.17, 15) is 0 Å². The number of fused-ring (bicyclic) bond motifs is 1. The normalized spacial score (nSPS) is 11.2. The van der Waals surface area contributed by atoms with Gasteiger partial charge in [0.25, 0.3) is 0 Å². The fourth-order valence-corrected chi connectivity index (χ4v) is 2.89. The van der Waals surface area contributed by atoms with Gasteiger partial charge >= 0.3 is 0 Å². The maximum atomic E-state index is 5.68. The maximum Gasteiger partial charge on any atom is 0.0794 e. The van der Waals surface area contributed by atoms with Gasteiger partial charge in [0, 0.05) is 28.2 Å². The van der Waals surface area contributed by atoms with Crippen LogP contribution in [0, 0.1) is 0 Å². The number of benzene rings is 1. The minimum atomic E-state index is 0.689. The van der Waals surface area contributed by atoms with E-state index in [-0.39, 0.29) is 0 Å². The van der Waals surface area contributed by atoms with Crippen molar-refractivity contribution in [3.8, 4) is 0 Å². The number of aromatic nitrogens is 2. The van der Waals surface area contributed by atoms with Crippen LogP contribution >= 0.6 is 11.3 Å². The standard InChI is InChI=1S/C14H15N3S/c15-6-5-11-8-17(9-12-7-16-10-18-12)14-4-2-1-3-13(11)14/h1-4,7-8,10H,5-6,9,15H2. The SMILES string of the molecule is NCCc1cn(Cc2cncs2)c2ccccc12. The van der Waals surface area contributed by atoms with Crippen LogP contribution in [-0.4, -0.2) is 16.1 Å². The van der Waals surface area contributed by atoms with Crippen molar-refractivity contribution < 1.29 is 0 Å². The van der Waals surface area contributed by atoms with E-state index in [1.54, 1.807) is 11.3 Å². The van der Waals surface area contributed by atoms with Crippen LogP contribution in [0.3, 0.4) is 0 Å². The number of nitrogens with two attached hydrogens (primary N) is 1. The Kier molecular flexibility index (Phi) is 3.13. The highest BCUT2D eigenvalue weighted by Crippen LogP contribution is 2.23. The third kappa shape index (κ3) is 2.05. The summed E-state index contributed by atoms with van der Waals surface area (Å²) in [5, 5.41) is 1.31. The number of thiazole rings is 1. The van der Waals surface area contributed by atoms with Gasteiger partial charge in [-0.25, -0.2) is 0 Å². The molecule has 0 aliphatic rings. The second kappa shape index (κ2) is 4.92.